The molecule has 0 aliphatic carbocycles. The Labute approximate surface area is 129 Å². The van der Waals surface area contributed by atoms with Gasteiger partial charge in [-0.1, -0.05) is 41.9 Å². The van der Waals surface area contributed by atoms with Crippen molar-refractivity contribution in [3.05, 3.63) is 53.4 Å². The lowest BCUT2D eigenvalue weighted by Crippen LogP contribution is -2.46. The third kappa shape index (κ3) is 2.49. The van der Waals surface area contributed by atoms with E-state index in [-0.39, 0.29) is 0 Å². The van der Waals surface area contributed by atoms with Gasteiger partial charge in [-0.25, -0.2) is 9.97 Å². The van der Waals surface area contributed by atoms with E-state index in [1.54, 1.807) is 6.33 Å². The van der Waals surface area contributed by atoms with E-state index in [4.69, 9.17) is 11.6 Å². The van der Waals surface area contributed by atoms with E-state index >= 15 is 0 Å². The molecule has 2 bridgehead atoms. The monoisotopic (exact) mass is 300 g/mol. The molecule has 5 heteroatoms. The summed E-state index contributed by atoms with van der Waals surface area (Å²) < 4.78 is 0. The Balaban J connectivity index is 1.46. The van der Waals surface area contributed by atoms with Gasteiger partial charge in [-0.3, -0.25) is 4.90 Å². The van der Waals surface area contributed by atoms with Crippen LogP contribution in [-0.4, -0.2) is 40.0 Å². The number of benzene rings is 1. The summed E-state index contributed by atoms with van der Waals surface area (Å²) in [6, 6.07) is 13.7. The summed E-state index contributed by atoms with van der Waals surface area (Å²) in [5, 5.41) is 0.518. The molecule has 4 nitrogen and oxygen atoms in total. The summed E-state index contributed by atoms with van der Waals surface area (Å²) >= 11 is 5.97. The fraction of sp³-hybridized carbons (Fsp3) is 0.375. The van der Waals surface area contributed by atoms with E-state index in [2.05, 4.69) is 50.1 Å². The molecule has 2 unspecified atom stereocenters. The van der Waals surface area contributed by atoms with Crippen molar-refractivity contribution in [2.24, 2.45) is 0 Å². The Morgan fingerprint density at radius 1 is 1.10 bits per heavy atom. The summed E-state index contributed by atoms with van der Waals surface area (Å²) in [6.45, 7) is 3.17. The van der Waals surface area contributed by atoms with Crippen LogP contribution in [0.5, 0.6) is 0 Å². The predicted molar refractivity (Wildman–Crippen MR) is 83.4 cm³/mol. The molecule has 2 aliphatic rings. The Hall–Kier alpha value is -1.65. The lowest BCUT2D eigenvalue weighted by molar-refractivity contribution is 0.230. The molecule has 2 atom stereocenters. The molecule has 21 heavy (non-hydrogen) atoms. The highest BCUT2D eigenvalue weighted by atomic mass is 35.5. The van der Waals surface area contributed by atoms with Crippen molar-refractivity contribution in [1.82, 2.24) is 14.9 Å². The molecule has 2 aromatic rings. The van der Waals surface area contributed by atoms with E-state index in [1.807, 2.05) is 6.07 Å². The van der Waals surface area contributed by atoms with Crippen LogP contribution in [0.4, 0.5) is 5.82 Å². The molecule has 0 N–H and O–H groups in total. The maximum absolute atomic E-state index is 5.97. The van der Waals surface area contributed by atoms with E-state index in [1.165, 1.54) is 12.0 Å². The van der Waals surface area contributed by atoms with E-state index in [0.29, 0.717) is 17.2 Å². The third-order valence-corrected chi connectivity index (χ3v) is 4.70. The lowest BCUT2D eigenvalue weighted by atomic mass is 10.2. The van der Waals surface area contributed by atoms with Gasteiger partial charge in [-0.2, -0.15) is 0 Å². The summed E-state index contributed by atoms with van der Waals surface area (Å²) in [7, 11) is 0. The van der Waals surface area contributed by atoms with Gasteiger partial charge in [0, 0.05) is 37.8 Å². The van der Waals surface area contributed by atoms with Crippen LogP contribution in [0.3, 0.4) is 0 Å². The second kappa shape index (κ2) is 5.28. The number of hydrogen-bond acceptors (Lipinski definition) is 4. The second-order valence-electron chi connectivity index (χ2n) is 5.81. The van der Waals surface area contributed by atoms with Crippen molar-refractivity contribution >= 4 is 17.4 Å². The van der Waals surface area contributed by atoms with Gasteiger partial charge in [-0.15, -0.1) is 0 Å². The third-order valence-electron chi connectivity index (χ3n) is 4.50. The first-order valence-corrected chi connectivity index (χ1v) is 7.69. The van der Waals surface area contributed by atoms with Gasteiger partial charge < -0.3 is 4.90 Å². The molecular weight excluding hydrogens is 284 g/mol. The number of nitrogens with zero attached hydrogens (tertiary/aromatic N) is 4. The van der Waals surface area contributed by atoms with Gasteiger partial charge >= 0.3 is 0 Å². The molecule has 1 aromatic heterocycles. The second-order valence-corrected chi connectivity index (χ2v) is 6.20. The van der Waals surface area contributed by atoms with Crippen LogP contribution in [-0.2, 0) is 6.54 Å². The highest BCUT2D eigenvalue weighted by Crippen LogP contribution is 2.34. The lowest BCUT2D eigenvalue weighted by Gasteiger charge is -2.34. The van der Waals surface area contributed by atoms with Crippen molar-refractivity contribution in [1.29, 1.82) is 0 Å². The summed E-state index contributed by atoms with van der Waals surface area (Å²) in [6.07, 6.45) is 2.76. The van der Waals surface area contributed by atoms with Crippen LogP contribution in [0.2, 0.25) is 5.15 Å². The number of fused-ring (bicyclic) bond motifs is 2. The molecule has 0 amide bonds. The highest BCUT2D eigenvalue weighted by Gasteiger charge is 2.43. The zero-order chi connectivity index (χ0) is 14.2. The van der Waals surface area contributed by atoms with Crippen LogP contribution in [0.25, 0.3) is 0 Å². The Morgan fingerprint density at radius 2 is 1.95 bits per heavy atom. The Kier molecular flexibility index (Phi) is 3.28. The van der Waals surface area contributed by atoms with Crippen LogP contribution >= 0.6 is 11.6 Å². The molecular formula is C16H17ClN4. The van der Waals surface area contributed by atoms with E-state index in [9.17, 15) is 0 Å². The van der Waals surface area contributed by atoms with Gasteiger partial charge in [0.25, 0.3) is 0 Å². The van der Waals surface area contributed by atoms with E-state index < -0.39 is 0 Å². The molecule has 0 spiro atoms. The van der Waals surface area contributed by atoms with Crippen molar-refractivity contribution in [3.8, 4) is 0 Å². The number of hydrogen-bond donors (Lipinski definition) is 0. The van der Waals surface area contributed by atoms with Crippen molar-refractivity contribution in [2.45, 2.75) is 25.0 Å². The number of anilines is 1. The molecule has 2 aliphatic heterocycles. The van der Waals surface area contributed by atoms with Crippen molar-refractivity contribution < 1.29 is 0 Å². The van der Waals surface area contributed by atoms with Gasteiger partial charge in [0.2, 0.25) is 0 Å². The van der Waals surface area contributed by atoms with Crippen molar-refractivity contribution in [2.75, 3.05) is 18.0 Å². The van der Waals surface area contributed by atoms with E-state index in [0.717, 1.165) is 25.5 Å². The smallest absolute Gasteiger partial charge is 0.134 e. The largest absolute Gasteiger partial charge is 0.351 e. The summed E-state index contributed by atoms with van der Waals surface area (Å²) in [5.74, 6) is 0.960. The summed E-state index contributed by atoms with van der Waals surface area (Å²) in [5.41, 5.74) is 1.39. The number of halogens is 1. The quantitative estimate of drug-likeness (QED) is 0.816. The number of rotatable bonds is 3. The average molecular weight is 301 g/mol. The van der Waals surface area contributed by atoms with Gasteiger partial charge in [0.05, 0.1) is 0 Å². The molecule has 2 fully saturated rings. The minimum atomic E-state index is 0.518. The van der Waals surface area contributed by atoms with Crippen LogP contribution in [0.15, 0.2) is 42.7 Å². The standard InChI is InChI=1S/C16H17ClN4/c17-15-7-16(19-11-18-15)21-10-13-6-14(21)9-20(13)8-12-4-2-1-3-5-12/h1-5,7,11,13-14H,6,8-10H2. The van der Waals surface area contributed by atoms with Gasteiger partial charge in [0.1, 0.15) is 17.3 Å². The minimum Gasteiger partial charge on any atom is -0.351 e. The first-order valence-electron chi connectivity index (χ1n) is 7.32. The van der Waals surface area contributed by atoms with Crippen LogP contribution < -0.4 is 4.90 Å². The molecule has 108 valence electrons. The molecule has 4 rings (SSSR count). The molecule has 3 heterocycles. The normalized spacial score (nSPS) is 24.7. The molecule has 1 aromatic carbocycles. The highest BCUT2D eigenvalue weighted by molar-refractivity contribution is 6.29. The van der Waals surface area contributed by atoms with Crippen LogP contribution in [0, 0.1) is 0 Å². The Morgan fingerprint density at radius 3 is 2.67 bits per heavy atom. The fourth-order valence-electron chi connectivity index (χ4n) is 3.52. The summed E-state index contributed by atoms with van der Waals surface area (Å²) in [4.78, 5) is 13.3. The number of aromatic nitrogens is 2. The molecule has 2 saturated heterocycles. The maximum Gasteiger partial charge on any atom is 0.134 e. The molecule has 0 radical (unpaired) electrons. The maximum atomic E-state index is 5.97. The zero-order valence-corrected chi connectivity index (χ0v) is 12.4. The Bertz CT molecular complexity index is 633. The number of likely N-dealkylation sites (tertiary alicyclic amines) is 1. The molecule has 0 saturated carbocycles. The van der Waals surface area contributed by atoms with Crippen molar-refractivity contribution in [3.63, 3.8) is 0 Å². The van der Waals surface area contributed by atoms with Gasteiger partial charge in [0.15, 0.2) is 0 Å². The average Bonchev–Trinajstić information content (AvgIpc) is 3.08. The minimum absolute atomic E-state index is 0.518. The first kappa shape index (κ1) is 13.0. The van der Waals surface area contributed by atoms with Crippen LogP contribution in [0.1, 0.15) is 12.0 Å². The number of piperazine rings is 1. The first-order chi connectivity index (χ1) is 10.3. The van der Waals surface area contributed by atoms with Gasteiger partial charge in [-0.05, 0) is 12.0 Å². The topological polar surface area (TPSA) is 32.3 Å². The predicted octanol–water partition coefficient (Wildman–Crippen LogP) is 2.59. The fourth-order valence-corrected chi connectivity index (χ4v) is 3.66. The SMILES string of the molecule is Clc1cc(N2CC3CC2CN3Cc2ccccc2)ncn1. The zero-order valence-electron chi connectivity index (χ0n) is 11.7.